The maximum Gasteiger partial charge on any atom is 0.227 e. The fourth-order valence-corrected chi connectivity index (χ4v) is 3.43. The van der Waals surface area contributed by atoms with Crippen LogP contribution in [0.1, 0.15) is 18.4 Å². The first-order valence-electron chi connectivity index (χ1n) is 8.00. The van der Waals surface area contributed by atoms with E-state index in [1.165, 1.54) is 12.8 Å². The summed E-state index contributed by atoms with van der Waals surface area (Å²) in [6, 6.07) is 7.69. The molecule has 2 heterocycles. The minimum Gasteiger partial charge on any atom is -0.497 e. The highest BCUT2D eigenvalue weighted by Crippen LogP contribution is 2.22. The van der Waals surface area contributed by atoms with Crippen LogP contribution in [0.5, 0.6) is 5.75 Å². The van der Waals surface area contributed by atoms with Crippen LogP contribution in [-0.4, -0.2) is 66.2 Å². The van der Waals surface area contributed by atoms with Crippen LogP contribution in [0.2, 0.25) is 0 Å². The van der Waals surface area contributed by atoms with Crippen molar-refractivity contribution in [3.8, 4) is 5.75 Å². The van der Waals surface area contributed by atoms with Crippen molar-refractivity contribution in [3.05, 3.63) is 29.8 Å². The summed E-state index contributed by atoms with van der Waals surface area (Å²) < 4.78 is 5.13. The molecule has 1 aromatic rings. The zero-order chi connectivity index (χ0) is 15.5. The second kappa shape index (κ2) is 6.67. The normalized spacial score (nSPS) is 25.6. The number of likely N-dealkylation sites (tertiary alicyclic amines) is 2. The topological polar surface area (TPSA) is 53.0 Å². The second-order valence-corrected chi connectivity index (χ2v) is 6.20. The van der Waals surface area contributed by atoms with Crippen LogP contribution in [0, 0.1) is 0 Å². The fourth-order valence-electron chi connectivity index (χ4n) is 3.43. The van der Waals surface area contributed by atoms with Gasteiger partial charge in [-0.3, -0.25) is 9.69 Å². The van der Waals surface area contributed by atoms with Crippen LogP contribution in [-0.2, 0) is 11.2 Å². The standard InChI is InChI=1S/C17H24N2O3/c1-22-14-6-4-13(5-7-14)10-17(21)19-11-15(16(20)12-19)18-8-2-3-9-18/h4-7,15-16,20H,2-3,8-12H2,1H3/t15-,16-/m1/s1. The van der Waals surface area contributed by atoms with E-state index in [1.54, 1.807) is 12.0 Å². The van der Waals surface area contributed by atoms with Gasteiger partial charge in [-0.2, -0.15) is 0 Å². The lowest BCUT2D eigenvalue weighted by Gasteiger charge is -2.25. The third-order valence-corrected chi connectivity index (χ3v) is 4.74. The fraction of sp³-hybridized carbons (Fsp3) is 0.588. The third kappa shape index (κ3) is 3.25. The van der Waals surface area contributed by atoms with E-state index in [-0.39, 0.29) is 11.9 Å². The second-order valence-electron chi connectivity index (χ2n) is 6.20. The number of aliphatic hydroxyl groups is 1. The Hall–Kier alpha value is -1.59. The van der Waals surface area contributed by atoms with Crippen LogP contribution < -0.4 is 4.74 Å². The number of aliphatic hydroxyl groups excluding tert-OH is 1. The smallest absolute Gasteiger partial charge is 0.227 e. The molecule has 2 aliphatic heterocycles. The molecule has 2 saturated heterocycles. The zero-order valence-electron chi connectivity index (χ0n) is 13.1. The Morgan fingerprint density at radius 3 is 2.55 bits per heavy atom. The minimum absolute atomic E-state index is 0.0888. The summed E-state index contributed by atoms with van der Waals surface area (Å²) in [7, 11) is 1.63. The van der Waals surface area contributed by atoms with E-state index in [1.807, 2.05) is 24.3 Å². The molecule has 0 aliphatic carbocycles. The van der Waals surface area contributed by atoms with Gasteiger partial charge >= 0.3 is 0 Å². The van der Waals surface area contributed by atoms with E-state index >= 15 is 0 Å². The first-order chi connectivity index (χ1) is 10.7. The molecule has 5 heteroatoms. The first kappa shape index (κ1) is 15.3. The van der Waals surface area contributed by atoms with E-state index in [0.717, 1.165) is 24.4 Å². The van der Waals surface area contributed by atoms with Gasteiger partial charge < -0.3 is 14.7 Å². The van der Waals surface area contributed by atoms with Crippen molar-refractivity contribution in [2.75, 3.05) is 33.3 Å². The Kier molecular flexibility index (Phi) is 4.64. The van der Waals surface area contributed by atoms with Gasteiger partial charge in [0.1, 0.15) is 5.75 Å². The van der Waals surface area contributed by atoms with Gasteiger partial charge in [0.25, 0.3) is 0 Å². The number of hydrogen-bond acceptors (Lipinski definition) is 4. The molecular formula is C17H24N2O3. The van der Waals surface area contributed by atoms with Crippen LogP contribution in [0.25, 0.3) is 0 Å². The molecule has 1 aromatic carbocycles. The molecule has 22 heavy (non-hydrogen) atoms. The molecule has 0 bridgehead atoms. The van der Waals surface area contributed by atoms with E-state index in [2.05, 4.69) is 4.90 Å². The van der Waals surface area contributed by atoms with Crippen molar-refractivity contribution >= 4 is 5.91 Å². The molecule has 3 rings (SSSR count). The quantitative estimate of drug-likeness (QED) is 0.898. The number of β-amino-alcohol motifs (C(OH)–C–C–N with tert-alkyl or cyclic N) is 1. The first-order valence-corrected chi connectivity index (χ1v) is 8.00. The molecule has 5 nitrogen and oxygen atoms in total. The largest absolute Gasteiger partial charge is 0.497 e. The highest BCUT2D eigenvalue weighted by atomic mass is 16.5. The highest BCUT2D eigenvalue weighted by molar-refractivity contribution is 5.79. The Morgan fingerprint density at radius 1 is 1.23 bits per heavy atom. The number of carbonyl (C=O) groups excluding carboxylic acids is 1. The van der Waals surface area contributed by atoms with Crippen molar-refractivity contribution in [2.45, 2.75) is 31.4 Å². The summed E-state index contributed by atoms with van der Waals surface area (Å²) in [6.07, 6.45) is 2.35. The lowest BCUT2D eigenvalue weighted by atomic mass is 10.1. The Morgan fingerprint density at radius 2 is 1.91 bits per heavy atom. The Bertz CT molecular complexity index is 511. The number of hydrogen-bond donors (Lipinski definition) is 1. The van der Waals surface area contributed by atoms with Gasteiger partial charge in [0.15, 0.2) is 0 Å². The average molecular weight is 304 g/mol. The minimum atomic E-state index is -0.419. The maximum atomic E-state index is 12.4. The zero-order valence-corrected chi connectivity index (χ0v) is 13.1. The predicted octanol–water partition coefficient (Wildman–Crippen LogP) is 0.905. The molecule has 1 amide bonds. The van der Waals surface area contributed by atoms with Gasteiger partial charge in [0, 0.05) is 13.1 Å². The van der Waals surface area contributed by atoms with Crippen molar-refractivity contribution in [3.63, 3.8) is 0 Å². The number of ether oxygens (including phenoxy) is 1. The highest BCUT2D eigenvalue weighted by Gasteiger charge is 2.38. The summed E-state index contributed by atoms with van der Waals surface area (Å²) >= 11 is 0. The number of nitrogens with zero attached hydrogens (tertiary/aromatic N) is 2. The number of rotatable bonds is 4. The molecule has 0 spiro atoms. The van der Waals surface area contributed by atoms with Crippen LogP contribution in [0.15, 0.2) is 24.3 Å². The average Bonchev–Trinajstić information content (AvgIpc) is 3.17. The van der Waals surface area contributed by atoms with Gasteiger partial charge in [0.05, 0.1) is 25.7 Å². The Labute approximate surface area is 131 Å². The number of carbonyl (C=O) groups is 1. The molecule has 120 valence electrons. The van der Waals surface area contributed by atoms with Crippen molar-refractivity contribution in [2.24, 2.45) is 0 Å². The number of methoxy groups -OCH3 is 1. The molecule has 0 aromatic heterocycles. The van der Waals surface area contributed by atoms with Crippen LogP contribution in [0.4, 0.5) is 0 Å². The van der Waals surface area contributed by atoms with E-state index in [4.69, 9.17) is 4.74 Å². The lowest BCUT2D eigenvalue weighted by Crippen LogP contribution is -2.41. The van der Waals surface area contributed by atoms with E-state index in [0.29, 0.717) is 19.5 Å². The lowest BCUT2D eigenvalue weighted by molar-refractivity contribution is -0.129. The number of benzene rings is 1. The summed E-state index contributed by atoms with van der Waals surface area (Å²) in [5.74, 6) is 0.882. The molecule has 2 atom stereocenters. The van der Waals surface area contributed by atoms with Gasteiger partial charge in [-0.1, -0.05) is 12.1 Å². The van der Waals surface area contributed by atoms with E-state index in [9.17, 15) is 9.90 Å². The van der Waals surface area contributed by atoms with Crippen molar-refractivity contribution in [1.82, 2.24) is 9.80 Å². The van der Waals surface area contributed by atoms with Crippen molar-refractivity contribution in [1.29, 1.82) is 0 Å². The number of amides is 1. The summed E-state index contributed by atoms with van der Waals surface area (Å²) in [4.78, 5) is 16.6. The Balaban J connectivity index is 1.58. The van der Waals surface area contributed by atoms with Gasteiger partial charge in [-0.15, -0.1) is 0 Å². The molecule has 1 N–H and O–H groups in total. The van der Waals surface area contributed by atoms with E-state index < -0.39 is 6.10 Å². The maximum absolute atomic E-state index is 12.4. The van der Waals surface area contributed by atoms with Crippen LogP contribution >= 0.6 is 0 Å². The molecule has 2 aliphatic rings. The van der Waals surface area contributed by atoms with Crippen LogP contribution in [0.3, 0.4) is 0 Å². The summed E-state index contributed by atoms with van der Waals surface area (Å²) in [6.45, 7) is 3.19. The van der Waals surface area contributed by atoms with Gasteiger partial charge in [-0.25, -0.2) is 0 Å². The van der Waals surface area contributed by atoms with Gasteiger partial charge in [-0.05, 0) is 43.6 Å². The molecule has 0 radical (unpaired) electrons. The monoisotopic (exact) mass is 304 g/mol. The SMILES string of the molecule is COc1ccc(CC(=O)N2C[C@@H](O)[C@H](N3CCCC3)C2)cc1. The van der Waals surface area contributed by atoms with Crippen molar-refractivity contribution < 1.29 is 14.6 Å². The summed E-state index contributed by atoms with van der Waals surface area (Å²) in [5.41, 5.74) is 0.977. The summed E-state index contributed by atoms with van der Waals surface area (Å²) in [5, 5.41) is 10.3. The molecule has 0 saturated carbocycles. The third-order valence-electron chi connectivity index (χ3n) is 4.74. The van der Waals surface area contributed by atoms with Gasteiger partial charge in [0.2, 0.25) is 5.91 Å². The predicted molar refractivity (Wildman–Crippen MR) is 83.9 cm³/mol. The molecular weight excluding hydrogens is 280 g/mol. The molecule has 0 unspecified atom stereocenters. The molecule has 2 fully saturated rings.